The van der Waals surface area contributed by atoms with E-state index in [0.29, 0.717) is 12.3 Å². The van der Waals surface area contributed by atoms with Crippen molar-refractivity contribution in [2.24, 2.45) is 17.3 Å². The van der Waals surface area contributed by atoms with Crippen molar-refractivity contribution >= 4 is 0 Å². The molecule has 1 fully saturated rings. The van der Waals surface area contributed by atoms with Gasteiger partial charge in [0.1, 0.15) is 0 Å². The molecule has 23 heavy (non-hydrogen) atoms. The lowest BCUT2D eigenvalue weighted by Crippen LogP contribution is -2.25. The summed E-state index contributed by atoms with van der Waals surface area (Å²) in [4.78, 5) is 0. The van der Waals surface area contributed by atoms with E-state index in [0.717, 1.165) is 37.7 Å². The predicted molar refractivity (Wildman–Crippen MR) is 94.1 cm³/mol. The lowest BCUT2D eigenvalue weighted by Gasteiger charge is -2.31. The minimum absolute atomic E-state index is 0.261. The Morgan fingerprint density at radius 3 is 2.39 bits per heavy atom. The van der Waals surface area contributed by atoms with E-state index in [1.807, 2.05) is 6.08 Å². The molecule has 2 atom stereocenters. The summed E-state index contributed by atoms with van der Waals surface area (Å²) in [5.41, 5.74) is 2.60. The normalized spacial score (nSPS) is 24.9. The number of nitrogens with zero attached hydrogens (tertiary/aromatic N) is 2. The van der Waals surface area contributed by atoms with Gasteiger partial charge >= 0.3 is 0 Å². The molecule has 0 spiro atoms. The van der Waals surface area contributed by atoms with Crippen LogP contribution in [0.5, 0.6) is 0 Å². The van der Waals surface area contributed by atoms with Crippen molar-refractivity contribution in [3.05, 3.63) is 48.6 Å². The summed E-state index contributed by atoms with van der Waals surface area (Å²) >= 11 is 0. The topological polar surface area (TPSA) is 47.6 Å². The number of allylic oxidation sites excluding steroid dienone is 5. The van der Waals surface area contributed by atoms with E-state index in [9.17, 15) is 10.5 Å². The van der Waals surface area contributed by atoms with E-state index < -0.39 is 5.41 Å². The largest absolute Gasteiger partial charge is 0.196 e. The molecule has 0 aromatic heterocycles. The smallest absolute Gasteiger partial charge is 0.168 e. The van der Waals surface area contributed by atoms with Crippen molar-refractivity contribution in [1.29, 1.82) is 10.5 Å². The molecule has 2 aliphatic rings. The summed E-state index contributed by atoms with van der Waals surface area (Å²) in [5.74, 6) is 0.621. The minimum atomic E-state index is -1.07. The Kier molecular flexibility index (Phi) is 5.62. The van der Waals surface area contributed by atoms with E-state index in [4.69, 9.17) is 0 Å². The second kappa shape index (κ2) is 7.47. The van der Waals surface area contributed by atoms with Gasteiger partial charge in [-0.1, -0.05) is 36.3 Å². The van der Waals surface area contributed by atoms with E-state index in [2.05, 4.69) is 31.9 Å². The van der Waals surface area contributed by atoms with Crippen LogP contribution in [0.25, 0.3) is 0 Å². The molecule has 2 unspecified atom stereocenters. The summed E-state index contributed by atoms with van der Waals surface area (Å²) in [6, 6.07) is 4.65. The molecular weight excluding hydrogens is 280 g/mol. The molecule has 0 heterocycles. The molecule has 2 nitrogen and oxygen atoms in total. The maximum atomic E-state index is 9.83. The third kappa shape index (κ3) is 3.18. The molecule has 2 heteroatoms. The van der Waals surface area contributed by atoms with Crippen LogP contribution in [-0.2, 0) is 0 Å². The zero-order chi connectivity index (χ0) is 16.9. The van der Waals surface area contributed by atoms with E-state index in [-0.39, 0.29) is 5.92 Å². The van der Waals surface area contributed by atoms with Crippen molar-refractivity contribution in [2.75, 3.05) is 0 Å². The molecule has 120 valence electrons. The highest BCUT2D eigenvalue weighted by molar-refractivity contribution is 5.44. The summed E-state index contributed by atoms with van der Waals surface area (Å²) in [6.45, 7) is 11.9. The van der Waals surface area contributed by atoms with Crippen LogP contribution in [-0.4, -0.2) is 0 Å². The van der Waals surface area contributed by atoms with Crippen LogP contribution in [0.1, 0.15) is 51.4 Å². The molecule has 1 saturated carbocycles. The lowest BCUT2D eigenvalue weighted by atomic mass is 9.70. The standard InChI is InChI=1S/C21H26N2/c1-4-8-17-11-12-19(18-10-7-6-9-16(18)3)20(17)21(14-22,15-23)13-5-2/h4-5,17-18H,1-3,6-13H2. The summed E-state index contributed by atoms with van der Waals surface area (Å²) in [7, 11) is 0. The SMILES string of the molecule is C=CCC1CCC(C2CCCCC2=C)=C1C(C#N)(C#N)CC=C. The highest BCUT2D eigenvalue weighted by Gasteiger charge is 2.44. The van der Waals surface area contributed by atoms with Crippen molar-refractivity contribution < 1.29 is 0 Å². The number of nitriles is 2. The molecule has 2 rings (SSSR count). The summed E-state index contributed by atoms with van der Waals surface area (Å²) in [6.07, 6.45) is 11.4. The van der Waals surface area contributed by atoms with Crippen molar-refractivity contribution in [3.63, 3.8) is 0 Å². The van der Waals surface area contributed by atoms with E-state index in [1.54, 1.807) is 6.08 Å². The number of rotatable bonds is 6. The zero-order valence-electron chi connectivity index (χ0n) is 14.0. The fourth-order valence-corrected chi connectivity index (χ4v) is 4.36. The minimum Gasteiger partial charge on any atom is -0.196 e. The molecular formula is C21H26N2. The molecule has 0 N–H and O–H groups in total. The van der Waals surface area contributed by atoms with Gasteiger partial charge in [0.05, 0.1) is 12.1 Å². The van der Waals surface area contributed by atoms with Gasteiger partial charge in [-0.05, 0) is 50.0 Å². The molecule has 0 bridgehead atoms. The van der Waals surface area contributed by atoms with Crippen LogP contribution in [0.4, 0.5) is 0 Å². The Morgan fingerprint density at radius 1 is 1.09 bits per heavy atom. The first-order valence-corrected chi connectivity index (χ1v) is 8.59. The Morgan fingerprint density at radius 2 is 1.83 bits per heavy atom. The van der Waals surface area contributed by atoms with E-state index >= 15 is 0 Å². The molecule has 0 aromatic carbocycles. The summed E-state index contributed by atoms with van der Waals surface area (Å²) in [5, 5.41) is 19.7. The number of hydrogen-bond donors (Lipinski definition) is 0. The average molecular weight is 306 g/mol. The lowest BCUT2D eigenvalue weighted by molar-refractivity contribution is 0.481. The van der Waals surface area contributed by atoms with Crippen LogP contribution < -0.4 is 0 Å². The molecule has 0 radical (unpaired) electrons. The van der Waals surface area contributed by atoms with Gasteiger partial charge in [0, 0.05) is 12.3 Å². The highest BCUT2D eigenvalue weighted by Crippen LogP contribution is 2.51. The van der Waals surface area contributed by atoms with Gasteiger partial charge in [0.15, 0.2) is 5.41 Å². The van der Waals surface area contributed by atoms with Gasteiger partial charge < -0.3 is 0 Å². The molecule has 0 aromatic rings. The maximum Gasteiger partial charge on any atom is 0.168 e. The highest BCUT2D eigenvalue weighted by atomic mass is 14.5. The van der Waals surface area contributed by atoms with Gasteiger partial charge in [-0.25, -0.2) is 0 Å². The monoisotopic (exact) mass is 306 g/mol. The molecule has 2 aliphatic carbocycles. The third-order valence-corrected chi connectivity index (χ3v) is 5.41. The predicted octanol–water partition coefficient (Wildman–Crippen LogP) is 5.63. The fourth-order valence-electron chi connectivity index (χ4n) is 4.36. The Bertz CT molecular complexity index is 595. The van der Waals surface area contributed by atoms with Gasteiger partial charge in [-0.2, -0.15) is 10.5 Å². The Hall–Kier alpha value is -2.06. The van der Waals surface area contributed by atoms with Crippen LogP contribution >= 0.6 is 0 Å². The van der Waals surface area contributed by atoms with Crippen LogP contribution in [0.2, 0.25) is 0 Å². The third-order valence-electron chi connectivity index (χ3n) is 5.41. The zero-order valence-corrected chi connectivity index (χ0v) is 14.0. The van der Waals surface area contributed by atoms with Crippen LogP contribution in [0.3, 0.4) is 0 Å². The Balaban J connectivity index is 2.56. The summed E-state index contributed by atoms with van der Waals surface area (Å²) < 4.78 is 0. The second-order valence-corrected chi connectivity index (χ2v) is 6.78. The van der Waals surface area contributed by atoms with Gasteiger partial charge in [0.2, 0.25) is 0 Å². The second-order valence-electron chi connectivity index (χ2n) is 6.78. The first-order chi connectivity index (χ1) is 11.1. The van der Waals surface area contributed by atoms with Crippen molar-refractivity contribution in [2.45, 2.75) is 51.4 Å². The van der Waals surface area contributed by atoms with Crippen molar-refractivity contribution in [1.82, 2.24) is 0 Å². The van der Waals surface area contributed by atoms with Gasteiger partial charge in [0.25, 0.3) is 0 Å². The van der Waals surface area contributed by atoms with Crippen molar-refractivity contribution in [3.8, 4) is 12.1 Å². The average Bonchev–Trinajstić information content (AvgIpc) is 2.98. The van der Waals surface area contributed by atoms with Crippen LogP contribution in [0, 0.1) is 39.9 Å². The Labute approximate surface area is 140 Å². The molecule has 0 amide bonds. The first kappa shape index (κ1) is 17.3. The first-order valence-electron chi connectivity index (χ1n) is 8.59. The van der Waals surface area contributed by atoms with Gasteiger partial charge in [-0.15, -0.1) is 13.2 Å². The van der Waals surface area contributed by atoms with E-state index in [1.165, 1.54) is 24.0 Å². The fraction of sp³-hybridized carbons (Fsp3) is 0.524. The number of hydrogen-bond acceptors (Lipinski definition) is 2. The molecule has 0 aliphatic heterocycles. The van der Waals surface area contributed by atoms with Gasteiger partial charge in [-0.3, -0.25) is 0 Å². The maximum absolute atomic E-state index is 9.83. The van der Waals surface area contributed by atoms with Crippen LogP contribution in [0.15, 0.2) is 48.6 Å². The quantitative estimate of drug-likeness (QED) is 0.597. The molecule has 0 saturated heterocycles.